The summed E-state index contributed by atoms with van der Waals surface area (Å²) in [5.41, 5.74) is -0.558. The van der Waals surface area contributed by atoms with Gasteiger partial charge in [-0.15, -0.1) is 0 Å². The molecule has 0 heterocycles. The van der Waals surface area contributed by atoms with Gasteiger partial charge in [-0.25, -0.2) is 9.59 Å². The number of nitrogens with one attached hydrogen (secondary N) is 1. The molecule has 17 heavy (non-hydrogen) atoms. The van der Waals surface area contributed by atoms with Gasteiger partial charge in [-0.05, 0) is 27.2 Å². The Balaban J connectivity index is 4.34. The number of carboxylic acid groups (broad SMARTS) is 1. The molecule has 2 N–H and O–H groups in total. The van der Waals surface area contributed by atoms with Crippen LogP contribution in [0.1, 0.15) is 40.5 Å². The van der Waals surface area contributed by atoms with E-state index in [2.05, 4.69) is 5.32 Å². The highest BCUT2D eigenvalue weighted by atomic mass is 16.6. The molecular weight excluding hydrogens is 222 g/mol. The Kier molecular flexibility index (Phi) is 6.31. The quantitative estimate of drug-likeness (QED) is 0.726. The number of aliphatic carboxylic acids is 1. The molecule has 5 nitrogen and oxygen atoms in total. The van der Waals surface area contributed by atoms with Crippen molar-refractivity contribution in [2.24, 2.45) is 0 Å². The maximum atomic E-state index is 11.5. The van der Waals surface area contributed by atoms with Crippen LogP contribution in [0.4, 0.5) is 4.79 Å². The van der Waals surface area contributed by atoms with E-state index < -0.39 is 17.7 Å². The smallest absolute Gasteiger partial charge is 0.408 e. The van der Waals surface area contributed by atoms with Gasteiger partial charge in [0.15, 0.2) is 0 Å². The summed E-state index contributed by atoms with van der Waals surface area (Å²) in [7, 11) is 0. The van der Waals surface area contributed by atoms with Crippen molar-refractivity contribution in [1.29, 1.82) is 0 Å². The molecule has 0 radical (unpaired) electrons. The Morgan fingerprint density at radius 2 is 2.00 bits per heavy atom. The first-order valence-electron chi connectivity index (χ1n) is 5.65. The van der Waals surface area contributed by atoms with Crippen LogP contribution in [0.2, 0.25) is 0 Å². The van der Waals surface area contributed by atoms with Crippen molar-refractivity contribution >= 4 is 12.1 Å². The predicted octanol–water partition coefficient (Wildman–Crippen LogP) is 2.32. The number of alkyl carbamates (subject to hydrolysis) is 1. The second kappa shape index (κ2) is 6.93. The van der Waals surface area contributed by atoms with Gasteiger partial charge in [0.05, 0.1) is 6.04 Å². The lowest BCUT2D eigenvalue weighted by Gasteiger charge is -2.22. The van der Waals surface area contributed by atoms with E-state index in [1.54, 1.807) is 20.8 Å². The number of hydrogen-bond donors (Lipinski definition) is 2. The summed E-state index contributed by atoms with van der Waals surface area (Å²) in [4.78, 5) is 21.9. The molecule has 1 amide bonds. The Bertz CT molecular complexity index is 291. The third-order valence-electron chi connectivity index (χ3n) is 1.77. The van der Waals surface area contributed by atoms with Crippen molar-refractivity contribution < 1.29 is 19.4 Å². The summed E-state index contributed by atoms with van der Waals surface area (Å²) in [5, 5.41) is 11.1. The Hall–Kier alpha value is -1.52. The van der Waals surface area contributed by atoms with Crippen molar-refractivity contribution in [2.75, 3.05) is 0 Å². The molecule has 1 atom stereocenters. The third kappa shape index (κ3) is 9.41. The van der Waals surface area contributed by atoms with E-state index in [1.165, 1.54) is 6.08 Å². The van der Waals surface area contributed by atoms with Crippen molar-refractivity contribution in [3.05, 3.63) is 12.2 Å². The number of hydrogen-bond acceptors (Lipinski definition) is 3. The number of carbonyl (C=O) groups excluding carboxylic acids is 1. The Morgan fingerprint density at radius 1 is 1.41 bits per heavy atom. The molecule has 0 fully saturated rings. The SMILES string of the molecule is CCC[C@@H](/C=C/C(=O)O)NC(=O)OC(C)(C)C. The van der Waals surface area contributed by atoms with E-state index in [-0.39, 0.29) is 6.04 Å². The van der Waals surface area contributed by atoms with Crippen molar-refractivity contribution in [3.8, 4) is 0 Å². The molecular formula is C12H21NO4. The molecule has 98 valence electrons. The molecule has 0 spiro atoms. The van der Waals surface area contributed by atoms with Gasteiger partial charge in [0.25, 0.3) is 0 Å². The summed E-state index contributed by atoms with van der Waals surface area (Å²) in [5.74, 6) is -1.03. The summed E-state index contributed by atoms with van der Waals surface area (Å²) in [6.07, 6.45) is 3.45. The van der Waals surface area contributed by atoms with Gasteiger partial charge >= 0.3 is 12.1 Å². The molecule has 0 aliphatic carbocycles. The van der Waals surface area contributed by atoms with Crippen LogP contribution in [0.3, 0.4) is 0 Å². The van der Waals surface area contributed by atoms with E-state index in [0.29, 0.717) is 6.42 Å². The molecule has 0 aromatic heterocycles. The van der Waals surface area contributed by atoms with Crippen LogP contribution < -0.4 is 5.32 Å². The van der Waals surface area contributed by atoms with Crippen LogP contribution in [0.25, 0.3) is 0 Å². The Labute approximate surface area is 102 Å². The third-order valence-corrected chi connectivity index (χ3v) is 1.77. The first-order valence-corrected chi connectivity index (χ1v) is 5.65. The highest BCUT2D eigenvalue weighted by Crippen LogP contribution is 2.08. The van der Waals surface area contributed by atoms with E-state index >= 15 is 0 Å². The average molecular weight is 243 g/mol. The molecule has 0 aromatic rings. The summed E-state index contributed by atoms with van der Waals surface area (Å²) < 4.78 is 5.09. The predicted molar refractivity (Wildman–Crippen MR) is 64.8 cm³/mol. The topological polar surface area (TPSA) is 75.6 Å². The zero-order chi connectivity index (χ0) is 13.5. The summed E-state index contributed by atoms with van der Waals surface area (Å²) >= 11 is 0. The van der Waals surface area contributed by atoms with Crippen molar-refractivity contribution in [2.45, 2.75) is 52.2 Å². The van der Waals surface area contributed by atoms with Crippen LogP contribution in [-0.4, -0.2) is 28.8 Å². The number of carbonyl (C=O) groups is 2. The van der Waals surface area contributed by atoms with E-state index in [0.717, 1.165) is 12.5 Å². The lowest BCUT2D eigenvalue weighted by atomic mass is 10.1. The van der Waals surface area contributed by atoms with E-state index in [9.17, 15) is 9.59 Å². The van der Waals surface area contributed by atoms with E-state index in [1.807, 2.05) is 6.92 Å². The van der Waals surface area contributed by atoms with Gasteiger partial charge in [-0.1, -0.05) is 19.4 Å². The average Bonchev–Trinajstić information content (AvgIpc) is 2.11. The molecule has 0 aliphatic rings. The zero-order valence-corrected chi connectivity index (χ0v) is 10.8. The Morgan fingerprint density at radius 3 is 2.41 bits per heavy atom. The molecule has 5 heteroatoms. The first-order chi connectivity index (χ1) is 7.74. The van der Waals surface area contributed by atoms with Gasteiger partial charge in [0.2, 0.25) is 0 Å². The lowest BCUT2D eigenvalue weighted by molar-refractivity contribution is -0.131. The number of carboxylic acids is 1. The van der Waals surface area contributed by atoms with Crippen molar-refractivity contribution in [3.63, 3.8) is 0 Å². The van der Waals surface area contributed by atoms with Gasteiger partial charge < -0.3 is 15.2 Å². The van der Waals surface area contributed by atoms with E-state index in [4.69, 9.17) is 9.84 Å². The number of amides is 1. The second-order valence-electron chi connectivity index (χ2n) is 4.74. The summed E-state index contributed by atoms with van der Waals surface area (Å²) in [6, 6.07) is -0.314. The van der Waals surface area contributed by atoms with Gasteiger partial charge in [0.1, 0.15) is 5.60 Å². The van der Waals surface area contributed by atoms with Gasteiger partial charge in [0, 0.05) is 6.08 Å². The molecule has 0 aliphatic heterocycles. The fraction of sp³-hybridized carbons (Fsp3) is 0.667. The highest BCUT2D eigenvalue weighted by molar-refractivity contribution is 5.80. The molecule has 0 rings (SSSR count). The standard InChI is InChI=1S/C12H21NO4/c1-5-6-9(7-8-10(14)15)13-11(16)17-12(2,3)4/h7-9H,5-6H2,1-4H3,(H,13,16)(H,14,15)/b8-7+/t9-/m0/s1. The molecule has 0 saturated heterocycles. The first kappa shape index (κ1) is 15.5. The maximum absolute atomic E-state index is 11.5. The van der Waals surface area contributed by atoms with Crippen LogP contribution in [-0.2, 0) is 9.53 Å². The molecule has 0 aromatic carbocycles. The highest BCUT2D eigenvalue weighted by Gasteiger charge is 2.18. The van der Waals surface area contributed by atoms with Gasteiger partial charge in [-0.2, -0.15) is 0 Å². The maximum Gasteiger partial charge on any atom is 0.408 e. The summed E-state index contributed by atoms with van der Waals surface area (Å²) in [6.45, 7) is 7.27. The number of ether oxygens (including phenoxy) is 1. The van der Waals surface area contributed by atoms with Crippen LogP contribution in [0, 0.1) is 0 Å². The van der Waals surface area contributed by atoms with Gasteiger partial charge in [-0.3, -0.25) is 0 Å². The fourth-order valence-corrected chi connectivity index (χ4v) is 1.18. The minimum atomic E-state index is -1.03. The molecule has 0 unspecified atom stereocenters. The monoisotopic (exact) mass is 243 g/mol. The minimum Gasteiger partial charge on any atom is -0.478 e. The largest absolute Gasteiger partial charge is 0.478 e. The minimum absolute atomic E-state index is 0.314. The van der Waals surface area contributed by atoms with Crippen LogP contribution in [0.5, 0.6) is 0 Å². The molecule has 0 saturated carbocycles. The number of rotatable bonds is 5. The zero-order valence-electron chi connectivity index (χ0n) is 10.8. The van der Waals surface area contributed by atoms with Crippen molar-refractivity contribution in [1.82, 2.24) is 5.32 Å². The lowest BCUT2D eigenvalue weighted by Crippen LogP contribution is -2.38. The molecule has 0 bridgehead atoms. The second-order valence-corrected chi connectivity index (χ2v) is 4.74. The van der Waals surface area contributed by atoms with Crippen LogP contribution in [0.15, 0.2) is 12.2 Å². The fourth-order valence-electron chi connectivity index (χ4n) is 1.18. The van der Waals surface area contributed by atoms with Crippen LogP contribution >= 0.6 is 0 Å². The normalized spacial score (nSPS) is 13.4.